The number of nitro groups is 1. The largest absolute Gasteiger partial charge is 0.318 e. The number of rotatable bonds is 2. The van der Waals surface area contributed by atoms with Crippen molar-refractivity contribution in [3.05, 3.63) is 27.0 Å². The second kappa shape index (κ2) is 3.46. The maximum atomic E-state index is 10.3. The number of aromatic nitrogens is 1. The number of halogens is 1. The van der Waals surface area contributed by atoms with E-state index in [1.807, 2.05) is 0 Å². The van der Waals surface area contributed by atoms with Gasteiger partial charge in [-0.3, -0.25) is 16.0 Å². The van der Waals surface area contributed by atoms with Crippen LogP contribution in [-0.2, 0) is 0 Å². The van der Waals surface area contributed by atoms with Crippen molar-refractivity contribution in [3.8, 4) is 0 Å². The average molecular weight is 233 g/mol. The Morgan fingerprint density at radius 3 is 2.92 bits per heavy atom. The fourth-order valence-corrected chi connectivity index (χ4v) is 1.02. The van der Waals surface area contributed by atoms with E-state index in [4.69, 9.17) is 5.84 Å². The summed E-state index contributed by atoms with van der Waals surface area (Å²) in [6, 6.07) is 1.43. The summed E-state index contributed by atoms with van der Waals surface area (Å²) in [5.41, 5.74) is 2.28. The van der Waals surface area contributed by atoms with Gasteiger partial charge in [0.25, 0.3) is 0 Å². The minimum absolute atomic E-state index is 0.152. The second-order valence-electron chi connectivity index (χ2n) is 1.93. The van der Waals surface area contributed by atoms with Crippen LogP contribution >= 0.6 is 15.9 Å². The molecule has 0 amide bonds. The van der Waals surface area contributed by atoms with E-state index in [2.05, 4.69) is 26.3 Å². The van der Waals surface area contributed by atoms with E-state index in [0.717, 1.165) is 6.20 Å². The van der Waals surface area contributed by atoms with Gasteiger partial charge in [-0.15, -0.1) is 0 Å². The highest BCUT2D eigenvalue weighted by Crippen LogP contribution is 2.24. The minimum atomic E-state index is -0.561. The Labute approximate surface area is 76.0 Å². The van der Waals surface area contributed by atoms with Gasteiger partial charge in [0.2, 0.25) is 0 Å². The first-order valence-corrected chi connectivity index (χ1v) is 3.71. The number of hydrogen-bond acceptors (Lipinski definition) is 5. The van der Waals surface area contributed by atoms with Gasteiger partial charge in [-0.25, -0.2) is 4.98 Å². The van der Waals surface area contributed by atoms with Gasteiger partial charge in [0, 0.05) is 6.07 Å². The highest BCUT2D eigenvalue weighted by Gasteiger charge is 2.13. The Bertz CT molecular complexity index is 316. The SMILES string of the molecule is NNc1cc(Br)ncc1[N+](=O)[O-]. The first-order chi connectivity index (χ1) is 5.65. The van der Waals surface area contributed by atoms with Crippen LogP contribution in [0.25, 0.3) is 0 Å². The maximum Gasteiger partial charge on any atom is 0.311 e. The monoisotopic (exact) mass is 232 g/mol. The van der Waals surface area contributed by atoms with Crippen molar-refractivity contribution in [3.63, 3.8) is 0 Å². The number of nitrogens with one attached hydrogen (secondary N) is 1. The molecule has 3 N–H and O–H groups in total. The van der Waals surface area contributed by atoms with E-state index >= 15 is 0 Å². The van der Waals surface area contributed by atoms with Crippen molar-refractivity contribution in [2.45, 2.75) is 0 Å². The van der Waals surface area contributed by atoms with E-state index in [1.165, 1.54) is 6.07 Å². The maximum absolute atomic E-state index is 10.3. The molecule has 0 bridgehead atoms. The van der Waals surface area contributed by atoms with Gasteiger partial charge in [-0.2, -0.15) is 0 Å². The fraction of sp³-hybridized carbons (Fsp3) is 0. The second-order valence-corrected chi connectivity index (χ2v) is 2.74. The van der Waals surface area contributed by atoms with Gasteiger partial charge in [-0.1, -0.05) is 0 Å². The van der Waals surface area contributed by atoms with Crippen LogP contribution in [0, 0.1) is 10.1 Å². The van der Waals surface area contributed by atoms with Gasteiger partial charge in [0.05, 0.1) is 4.92 Å². The predicted molar refractivity (Wildman–Crippen MR) is 46.4 cm³/mol. The normalized spacial score (nSPS) is 9.50. The zero-order valence-electron chi connectivity index (χ0n) is 5.82. The molecule has 7 heteroatoms. The molecular weight excluding hydrogens is 228 g/mol. The lowest BCUT2D eigenvalue weighted by Gasteiger charge is -2.00. The Morgan fingerprint density at radius 2 is 2.42 bits per heavy atom. The zero-order valence-corrected chi connectivity index (χ0v) is 7.41. The Morgan fingerprint density at radius 1 is 1.75 bits per heavy atom. The molecular formula is C5H5BrN4O2. The molecule has 0 saturated heterocycles. The van der Waals surface area contributed by atoms with Crippen molar-refractivity contribution < 1.29 is 4.92 Å². The lowest BCUT2D eigenvalue weighted by atomic mass is 10.4. The molecule has 0 aliphatic carbocycles. The standard InChI is InChI=1S/C5H5BrN4O2/c6-5-1-3(9-7)4(2-8-5)10(11)12/h1-2H,7H2,(H,8,9). The zero-order chi connectivity index (χ0) is 9.14. The van der Waals surface area contributed by atoms with E-state index in [0.29, 0.717) is 4.60 Å². The van der Waals surface area contributed by atoms with E-state index in [1.54, 1.807) is 0 Å². The third-order valence-electron chi connectivity index (χ3n) is 1.20. The summed E-state index contributed by atoms with van der Waals surface area (Å²) in [4.78, 5) is 13.5. The minimum Gasteiger partial charge on any atom is -0.318 e. The number of hydrogen-bond donors (Lipinski definition) is 2. The fourth-order valence-electron chi connectivity index (χ4n) is 0.684. The molecule has 0 saturated carbocycles. The smallest absolute Gasteiger partial charge is 0.311 e. The molecule has 1 heterocycles. The number of nitrogens with zero attached hydrogens (tertiary/aromatic N) is 2. The summed E-state index contributed by atoms with van der Waals surface area (Å²) in [5, 5.41) is 10.3. The van der Waals surface area contributed by atoms with Crippen molar-refractivity contribution in [2.75, 3.05) is 5.43 Å². The quantitative estimate of drug-likeness (QED) is 0.344. The summed E-state index contributed by atoms with van der Waals surface area (Å²) >= 11 is 3.06. The lowest BCUT2D eigenvalue weighted by Crippen LogP contribution is -2.09. The number of pyridine rings is 1. The molecule has 1 rings (SSSR count). The molecule has 0 atom stereocenters. The first kappa shape index (κ1) is 8.88. The Kier molecular flexibility index (Phi) is 2.56. The lowest BCUT2D eigenvalue weighted by molar-refractivity contribution is -0.384. The number of hydrazine groups is 1. The van der Waals surface area contributed by atoms with Crippen LogP contribution in [0.2, 0.25) is 0 Å². The summed E-state index contributed by atoms with van der Waals surface area (Å²) < 4.78 is 0.487. The van der Waals surface area contributed by atoms with Gasteiger partial charge >= 0.3 is 5.69 Å². The van der Waals surface area contributed by atoms with Gasteiger partial charge in [-0.05, 0) is 15.9 Å². The molecule has 0 fully saturated rings. The van der Waals surface area contributed by atoms with Crippen LogP contribution in [-0.4, -0.2) is 9.91 Å². The van der Waals surface area contributed by atoms with Crippen LogP contribution in [0.5, 0.6) is 0 Å². The van der Waals surface area contributed by atoms with Crippen LogP contribution in [0.3, 0.4) is 0 Å². The highest BCUT2D eigenvalue weighted by atomic mass is 79.9. The van der Waals surface area contributed by atoms with E-state index in [-0.39, 0.29) is 11.4 Å². The third kappa shape index (κ3) is 1.69. The third-order valence-corrected chi connectivity index (χ3v) is 1.64. The Balaban J connectivity index is 3.20. The van der Waals surface area contributed by atoms with Crippen LogP contribution < -0.4 is 11.3 Å². The molecule has 0 radical (unpaired) electrons. The summed E-state index contributed by atoms with van der Waals surface area (Å²) in [5.74, 6) is 5.05. The van der Waals surface area contributed by atoms with Crippen LogP contribution in [0.15, 0.2) is 16.9 Å². The molecule has 1 aromatic rings. The predicted octanol–water partition coefficient (Wildman–Crippen LogP) is 1.04. The van der Waals surface area contributed by atoms with Crippen molar-refractivity contribution in [1.82, 2.24) is 4.98 Å². The molecule has 0 aliphatic rings. The molecule has 6 nitrogen and oxygen atoms in total. The number of nitrogen functional groups attached to an aromatic ring is 1. The molecule has 12 heavy (non-hydrogen) atoms. The average Bonchev–Trinajstić information content (AvgIpc) is 2.03. The van der Waals surface area contributed by atoms with E-state index < -0.39 is 4.92 Å². The van der Waals surface area contributed by atoms with Gasteiger partial charge in [0.15, 0.2) is 0 Å². The summed E-state index contributed by atoms with van der Waals surface area (Å²) in [6.45, 7) is 0. The van der Waals surface area contributed by atoms with Crippen LogP contribution in [0.1, 0.15) is 0 Å². The van der Waals surface area contributed by atoms with E-state index in [9.17, 15) is 10.1 Å². The first-order valence-electron chi connectivity index (χ1n) is 2.91. The van der Waals surface area contributed by atoms with Gasteiger partial charge < -0.3 is 5.43 Å². The topological polar surface area (TPSA) is 94.1 Å². The Hall–Kier alpha value is -1.21. The van der Waals surface area contributed by atoms with Crippen molar-refractivity contribution in [2.24, 2.45) is 5.84 Å². The molecule has 0 aliphatic heterocycles. The van der Waals surface area contributed by atoms with Gasteiger partial charge in [0.1, 0.15) is 16.5 Å². The van der Waals surface area contributed by atoms with Crippen molar-refractivity contribution in [1.29, 1.82) is 0 Å². The van der Waals surface area contributed by atoms with Crippen LogP contribution in [0.4, 0.5) is 11.4 Å². The molecule has 64 valence electrons. The highest BCUT2D eigenvalue weighted by molar-refractivity contribution is 9.10. The summed E-state index contributed by atoms with van der Waals surface area (Å²) in [6.07, 6.45) is 1.12. The molecule has 0 aromatic carbocycles. The molecule has 0 spiro atoms. The number of anilines is 1. The molecule has 0 unspecified atom stereocenters. The van der Waals surface area contributed by atoms with Crippen molar-refractivity contribution >= 4 is 27.3 Å². The summed E-state index contributed by atoms with van der Waals surface area (Å²) in [7, 11) is 0. The number of nitrogens with two attached hydrogens (primary N) is 1. The molecule has 1 aromatic heterocycles.